The van der Waals surface area contributed by atoms with Crippen molar-refractivity contribution >= 4 is 28.8 Å². The van der Waals surface area contributed by atoms with Gasteiger partial charge in [-0.1, -0.05) is 97.1 Å². The minimum atomic E-state index is -2.86. The smallest absolute Gasteiger partial charge is 0.179 e. The molecule has 4 rings (SSSR count). The zero-order valence-electron chi connectivity index (χ0n) is 21.8. The van der Waals surface area contributed by atoms with E-state index in [2.05, 4.69) is 48.5 Å². The lowest BCUT2D eigenvalue weighted by molar-refractivity contribution is 0.199. The Labute approximate surface area is 220 Å². The third-order valence-electron chi connectivity index (χ3n) is 7.30. The van der Waals surface area contributed by atoms with E-state index >= 15 is 0 Å². The molecule has 0 aliphatic carbocycles. The molecular weight excluding hydrogens is 476 g/mol. The summed E-state index contributed by atoms with van der Waals surface area (Å²) < 4.78 is 0. The summed E-state index contributed by atoms with van der Waals surface area (Å²) in [6, 6.07) is 32.8. The molecule has 4 aromatic carbocycles. The van der Waals surface area contributed by atoms with Crippen molar-refractivity contribution in [2.75, 3.05) is 0 Å². The highest BCUT2D eigenvalue weighted by Crippen LogP contribution is 2.19. The Morgan fingerprint density at radius 1 is 0.351 bits per heavy atom. The number of hydrogen-bond donors (Lipinski definition) is 4. The molecule has 4 unspecified atom stereocenters. The average Bonchev–Trinajstić information content (AvgIpc) is 2.90. The summed E-state index contributed by atoms with van der Waals surface area (Å²) in [5.41, 5.74) is 3.41. The highest BCUT2D eigenvalue weighted by atomic mass is 28.3. The molecule has 0 radical (unpaired) electrons. The van der Waals surface area contributed by atoms with Crippen molar-refractivity contribution in [3.8, 4) is 0 Å². The fraction of sp³-hybridized carbons (Fsp3) is 0.250. The maximum Gasteiger partial charge on any atom is 0.179 e. The van der Waals surface area contributed by atoms with Gasteiger partial charge < -0.3 is 20.4 Å². The first-order valence-corrected chi connectivity index (χ1v) is 14.8. The molecule has 0 saturated carbocycles. The molecule has 0 spiro atoms. The van der Waals surface area contributed by atoms with Gasteiger partial charge in [0.25, 0.3) is 0 Å². The van der Waals surface area contributed by atoms with Crippen LogP contribution in [0, 0.1) is 0 Å². The van der Waals surface area contributed by atoms with Gasteiger partial charge >= 0.3 is 0 Å². The molecule has 4 aromatic rings. The van der Waals surface area contributed by atoms with E-state index in [0.717, 1.165) is 43.0 Å². The second-order valence-electron chi connectivity index (χ2n) is 9.94. The van der Waals surface area contributed by atoms with Crippen LogP contribution >= 0.6 is 0 Å². The van der Waals surface area contributed by atoms with Crippen LogP contribution in [0.1, 0.15) is 74.4 Å². The maximum atomic E-state index is 10.2. The average molecular weight is 513 g/mol. The molecule has 4 N–H and O–H groups in total. The molecule has 0 heterocycles. The van der Waals surface area contributed by atoms with Gasteiger partial charge in [0.05, 0.1) is 24.4 Å². The van der Waals surface area contributed by atoms with Crippen molar-refractivity contribution < 1.29 is 20.4 Å². The quantitative estimate of drug-likeness (QED) is 0.216. The minimum absolute atomic E-state index is 0.564. The number of aliphatic hydroxyl groups excluding tert-OH is 4. The van der Waals surface area contributed by atoms with E-state index in [4.69, 9.17) is 0 Å². The highest BCUT2D eigenvalue weighted by Gasteiger charge is 2.41. The Morgan fingerprint density at radius 2 is 0.514 bits per heavy atom. The molecule has 0 amide bonds. The van der Waals surface area contributed by atoms with Crippen LogP contribution in [0.3, 0.4) is 0 Å². The van der Waals surface area contributed by atoms with E-state index in [1.165, 1.54) is 0 Å². The van der Waals surface area contributed by atoms with Crippen LogP contribution in [-0.4, -0.2) is 28.5 Å². The Hall–Kier alpha value is -3.06. The predicted octanol–water partition coefficient (Wildman–Crippen LogP) is 3.28. The van der Waals surface area contributed by atoms with Crippen molar-refractivity contribution in [3.05, 3.63) is 119 Å². The molecule has 0 saturated heterocycles. The second kappa shape index (κ2) is 11.1. The van der Waals surface area contributed by atoms with E-state index in [1.54, 1.807) is 27.7 Å². The van der Waals surface area contributed by atoms with Crippen LogP contribution in [0.2, 0.25) is 0 Å². The van der Waals surface area contributed by atoms with Gasteiger partial charge in [-0.05, 0) is 70.7 Å². The van der Waals surface area contributed by atoms with Crippen LogP contribution in [0.4, 0.5) is 0 Å². The highest BCUT2D eigenvalue weighted by molar-refractivity contribution is 7.19. The molecular formula is C32H36O4Si. The number of aliphatic hydroxyl groups is 4. The lowest BCUT2D eigenvalue weighted by Gasteiger charge is -2.35. The molecule has 0 fully saturated rings. The zero-order chi connectivity index (χ0) is 26.7. The van der Waals surface area contributed by atoms with Gasteiger partial charge in [-0.3, -0.25) is 0 Å². The second-order valence-corrected chi connectivity index (χ2v) is 13.8. The van der Waals surface area contributed by atoms with Crippen LogP contribution < -0.4 is 20.7 Å². The lowest BCUT2D eigenvalue weighted by atomic mass is 10.1. The van der Waals surface area contributed by atoms with Gasteiger partial charge in [-0.2, -0.15) is 0 Å². The van der Waals surface area contributed by atoms with Gasteiger partial charge in [0.2, 0.25) is 0 Å². The number of hydrogen-bond acceptors (Lipinski definition) is 4. The third-order valence-corrected chi connectivity index (χ3v) is 12.1. The summed E-state index contributed by atoms with van der Waals surface area (Å²) in [5.74, 6) is 0. The fourth-order valence-electron chi connectivity index (χ4n) is 5.05. The van der Waals surface area contributed by atoms with Crippen LogP contribution in [0.25, 0.3) is 0 Å². The van der Waals surface area contributed by atoms with E-state index in [0.29, 0.717) is 0 Å². The molecule has 0 aliphatic heterocycles. The first-order chi connectivity index (χ1) is 17.6. The predicted molar refractivity (Wildman–Crippen MR) is 153 cm³/mol. The minimum Gasteiger partial charge on any atom is -0.389 e. The summed E-state index contributed by atoms with van der Waals surface area (Å²) in [4.78, 5) is 0. The standard InChI is InChI=1S/C32H36O4Si/c1-21(33)25-5-13-29(14-6-25)37(30-15-7-26(8-16-30)22(2)34,31-17-9-27(10-18-31)23(3)35)32-19-11-28(12-20-32)24(4)36/h5-24,33-36H,1-4H3. The molecule has 4 atom stereocenters. The summed E-state index contributed by atoms with van der Waals surface area (Å²) in [7, 11) is -2.86. The Bertz CT molecular complexity index is 1080. The zero-order valence-corrected chi connectivity index (χ0v) is 22.8. The van der Waals surface area contributed by atoms with Crippen LogP contribution in [0.5, 0.6) is 0 Å². The van der Waals surface area contributed by atoms with Gasteiger partial charge in [0.1, 0.15) is 0 Å². The van der Waals surface area contributed by atoms with Crippen LogP contribution in [-0.2, 0) is 0 Å². The summed E-state index contributed by atoms with van der Waals surface area (Å²) in [5, 5.41) is 45.2. The van der Waals surface area contributed by atoms with E-state index in [1.807, 2.05) is 48.5 Å². The van der Waals surface area contributed by atoms with Crippen molar-refractivity contribution in [3.63, 3.8) is 0 Å². The van der Waals surface area contributed by atoms with E-state index < -0.39 is 32.5 Å². The molecule has 5 heteroatoms. The monoisotopic (exact) mass is 512 g/mol. The van der Waals surface area contributed by atoms with Crippen LogP contribution in [0.15, 0.2) is 97.1 Å². The van der Waals surface area contributed by atoms with Gasteiger partial charge in [0.15, 0.2) is 8.07 Å². The molecule has 37 heavy (non-hydrogen) atoms. The molecule has 0 aromatic heterocycles. The lowest BCUT2D eigenvalue weighted by Crippen LogP contribution is -2.74. The summed E-state index contributed by atoms with van der Waals surface area (Å²) in [6.45, 7) is 7.05. The Morgan fingerprint density at radius 3 is 0.649 bits per heavy atom. The summed E-state index contributed by atoms with van der Waals surface area (Å²) in [6.07, 6.45) is -2.26. The van der Waals surface area contributed by atoms with Crippen molar-refractivity contribution in [2.24, 2.45) is 0 Å². The third kappa shape index (κ3) is 5.33. The number of benzene rings is 4. The van der Waals surface area contributed by atoms with Gasteiger partial charge in [0, 0.05) is 0 Å². The molecule has 0 aliphatic rings. The Balaban J connectivity index is 2.05. The maximum absolute atomic E-state index is 10.2. The fourth-order valence-corrected chi connectivity index (χ4v) is 9.71. The summed E-state index contributed by atoms with van der Waals surface area (Å²) >= 11 is 0. The van der Waals surface area contributed by atoms with Crippen molar-refractivity contribution in [2.45, 2.75) is 52.1 Å². The van der Waals surface area contributed by atoms with Crippen molar-refractivity contribution in [1.29, 1.82) is 0 Å². The largest absolute Gasteiger partial charge is 0.389 e. The van der Waals surface area contributed by atoms with Gasteiger partial charge in [-0.25, -0.2) is 0 Å². The topological polar surface area (TPSA) is 80.9 Å². The SMILES string of the molecule is CC(O)c1ccc([Si](c2ccc(C(C)O)cc2)(c2ccc(C(C)O)cc2)c2ccc(C(C)O)cc2)cc1. The molecule has 4 nitrogen and oxygen atoms in total. The van der Waals surface area contributed by atoms with E-state index in [9.17, 15) is 20.4 Å². The van der Waals surface area contributed by atoms with E-state index in [-0.39, 0.29) is 0 Å². The van der Waals surface area contributed by atoms with Crippen molar-refractivity contribution in [1.82, 2.24) is 0 Å². The van der Waals surface area contributed by atoms with Gasteiger partial charge in [-0.15, -0.1) is 0 Å². The number of rotatable bonds is 8. The molecule has 0 bridgehead atoms. The normalized spacial score (nSPS) is 16.4. The Kier molecular flexibility index (Phi) is 8.12. The first-order valence-electron chi connectivity index (χ1n) is 12.8. The molecule has 192 valence electrons. The first kappa shape index (κ1) is 27.0.